The van der Waals surface area contributed by atoms with Gasteiger partial charge in [-0.15, -0.1) is 0 Å². The highest BCUT2D eigenvalue weighted by atomic mass is 32.1. The number of benzene rings is 1. The summed E-state index contributed by atoms with van der Waals surface area (Å²) < 4.78 is 1.10. The van der Waals surface area contributed by atoms with Crippen molar-refractivity contribution in [3.05, 3.63) is 33.4 Å². The van der Waals surface area contributed by atoms with Crippen molar-refractivity contribution < 1.29 is 0 Å². The molecule has 0 bridgehead atoms. The first kappa shape index (κ1) is 11.4. The number of hydrogen-bond donors (Lipinski definition) is 2. The molecule has 1 aromatic carbocycles. The molecule has 0 fully saturated rings. The molecule has 0 unspecified atom stereocenters. The van der Waals surface area contributed by atoms with Crippen LogP contribution in [0.1, 0.15) is 18.9 Å². The molecule has 0 aliphatic rings. The Hall–Kier alpha value is -1.13. The van der Waals surface area contributed by atoms with E-state index in [4.69, 9.17) is 0 Å². The highest BCUT2D eigenvalue weighted by molar-refractivity contribution is 7.16. The lowest BCUT2D eigenvalue weighted by atomic mass is 10.1. The molecule has 0 saturated heterocycles. The minimum atomic E-state index is 0.0315. The average molecular weight is 236 g/mol. The van der Waals surface area contributed by atoms with E-state index in [0.717, 1.165) is 36.1 Å². The third kappa shape index (κ3) is 2.51. The summed E-state index contributed by atoms with van der Waals surface area (Å²) in [6, 6.07) is 6.05. The van der Waals surface area contributed by atoms with Crippen LogP contribution < -0.4 is 10.2 Å². The molecule has 3 nitrogen and oxygen atoms in total. The molecular formula is C12H16N2OS. The molecular weight excluding hydrogens is 220 g/mol. The van der Waals surface area contributed by atoms with E-state index in [1.807, 2.05) is 12.1 Å². The molecule has 16 heavy (non-hydrogen) atoms. The van der Waals surface area contributed by atoms with Gasteiger partial charge in [-0.3, -0.25) is 4.79 Å². The first-order chi connectivity index (χ1) is 7.81. The zero-order chi connectivity index (χ0) is 11.4. The Morgan fingerprint density at radius 3 is 3.06 bits per heavy atom. The number of aromatic amines is 1. The van der Waals surface area contributed by atoms with E-state index in [-0.39, 0.29) is 4.87 Å². The largest absolute Gasteiger partial charge is 0.316 e. The van der Waals surface area contributed by atoms with Crippen molar-refractivity contribution in [2.45, 2.75) is 19.8 Å². The molecule has 1 aromatic heterocycles. The Labute approximate surface area is 98.5 Å². The monoisotopic (exact) mass is 236 g/mol. The van der Waals surface area contributed by atoms with Crippen LogP contribution in [0.5, 0.6) is 0 Å². The van der Waals surface area contributed by atoms with Gasteiger partial charge in [0.2, 0.25) is 0 Å². The van der Waals surface area contributed by atoms with Gasteiger partial charge in [-0.2, -0.15) is 0 Å². The second kappa shape index (κ2) is 5.27. The third-order valence-electron chi connectivity index (χ3n) is 2.53. The molecule has 0 amide bonds. The number of fused-ring (bicyclic) bond motifs is 1. The van der Waals surface area contributed by atoms with Crippen molar-refractivity contribution in [3.63, 3.8) is 0 Å². The van der Waals surface area contributed by atoms with E-state index in [1.54, 1.807) is 0 Å². The van der Waals surface area contributed by atoms with Crippen LogP contribution in [-0.4, -0.2) is 18.1 Å². The summed E-state index contributed by atoms with van der Waals surface area (Å²) in [6.07, 6.45) is 2.13. The smallest absolute Gasteiger partial charge is 0.305 e. The maximum Gasteiger partial charge on any atom is 0.305 e. The van der Waals surface area contributed by atoms with Crippen LogP contribution in [0.25, 0.3) is 10.2 Å². The number of thiazole rings is 1. The molecule has 0 saturated carbocycles. The van der Waals surface area contributed by atoms with Gasteiger partial charge in [0.15, 0.2) is 0 Å². The van der Waals surface area contributed by atoms with Gasteiger partial charge in [0.05, 0.1) is 10.2 Å². The van der Waals surface area contributed by atoms with Crippen LogP contribution >= 0.6 is 11.3 Å². The molecule has 0 aliphatic carbocycles. The number of nitrogens with one attached hydrogen (secondary N) is 2. The molecule has 86 valence electrons. The van der Waals surface area contributed by atoms with E-state index < -0.39 is 0 Å². The van der Waals surface area contributed by atoms with Crippen molar-refractivity contribution in [3.8, 4) is 0 Å². The first-order valence-electron chi connectivity index (χ1n) is 5.62. The van der Waals surface area contributed by atoms with E-state index in [0.29, 0.717) is 0 Å². The number of aromatic nitrogens is 1. The molecule has 2 N–H and O–H groups in total. The van der Waals surface area contributed by atoms with Crippen molar-refractivity contribution in [1.29, 1.82) is 0 Å². The molecule has 1 heterocycles. The van der Waals surface area contributed by atoms with Crippen LogP contribution in [0.4, 0.5) is 0 Å². The third-order valence-corrected chi connectivity index (χ3v) is 3.50. The number of H-pyrrole nitrogens is 1. The van der Waals surface area contributed by atoms with E-state index in [1.165, 1.54) is 16.9 Å². The van der Waals surface area contributed by atoms with Crippen molar-refractivity contribution in [1.82, 2.24) is 10.3 Å². The predicted molar refractivity (Wildman–Crippen MR) is 69.3 cm³/mol. The molecule has 2 rings (SSSR count). The predicted octanol–water partition coefficient (Wildman–Crippen LogP) is 2.13. The Balaban J connectivity index is 2.14. The van der Waals surface area contributed by atoms with Crippen molar-refractivity contribution >= 4 is 21.6 Å². The van der Waals surface area contributed by atoms with Gasteiger partial charge in [-0.05, 0) is 37.6 Å². The standard InChI is InChI=1S/C12H16N2OS/c1-2-7-13-8-6-9-4-3-5-10-11(9)16-12(15)14-10/h3-5,13H,2,6-8H2,1H3,(H,14,15). The fraction of sp³-hybridized carbons (Fsp3) is 0.417. The Kier molecular flexibility index (Phi) is 3.74. The van der Waals surface area contributed by atoms with Gasteiger partial charge < -0.3 is 10.3 Å². The summed E-state index contributed by atoms with van der Waals surface area (Å²) in [5, 5.41) is 3.37. The van der Waals surface area contributed by atoms with Crippen molar-refractivity contribution in [2.24, 2.45) is 0 Å². The average Bonchev–Trinajstić information content (AvgIpc) is 2.65. The Bertz CT molecular complexity index is 515. The Morgan fingerprint density at radius 2 is 2.25 bits per heavy atom. The fourth-order valence-corrected chi connectivity index (χ4v) is 2.63. The molecule has 0 radical (unpaired) electrons. The van der Waals surface area contributed by atoms with Gasteiger partial charge >= 0.3 is 4.87 Å². The Morgan fingerprint density at radius 1 is 1.38 bits per heavy atom. The summed E-state index contributed by atoms with van der Waals surface area (Å²) in [5.41, 5.74) is 2.22. The summed E-state index contributed by atoms with van der Waals surface area (Å²) in [5.74, 6) is 0. The van der Waals surface area contributed by atoms with E-state index in [9.17, 15) is 4.79 Å². The zero-order valence-electron chi connectivity index (χ0n) is 9.38. The van der Waals surface area contributed by atoms with Gasteiger partial charge in [-0.1, -0.05) is 30.4 Å². The first-order valence-corrected chi connectivity index (χ1v) is 6.44. The minimum Gasteiger partial charge on any atom is -0.316 e. The molecule has 0 aliphatic heterocycles. The quantitative estimate of drug-likeness (QED) is 0.781. The maximum atomic E-state index is 11.3. The van der Waals surface area contributed by atoms with Crippen LogP contribution in [0.3, 0.4) is 0 Å². The normalized spacial score (nSPS) is 11.1. The molecule has 2 aromatic rings. The highest BCUT2D eigenvalue weighted by Gasteiger charge is 2.04. The van der Waals surface area contributed by atoms with Gasteiger partial charge in [0.25, 0.3) is 0 Å². The molecule has 0 atom stereocenters. The summed E-state index contributed by atoms with van der Waals surface area (Å²) in [6.45, 7) is 4.18. The SMILES string of the molecule is CCCNCCc1cccc2[nH]c(=O)sc12. The fourth-order valence-electron chi connectivity index (χ4n) is 1.75. The minimum absolute atomic E-state index is 0.0315. The zero-order valence-corrected chi connectivity index (χ0v) is 10.2. The second-order valence-corrected chi connectivity index (χ2v) is 4.79. The van der Waals surface area contributed by atoms with Gasteiger partial charge in [0.1, 0.15) is 0 Å². The summed E-state index contributed by atoms with van der Waals surface area (Å²) in [4.78, 5) is 14.1. The number of rotatable bonds is 5. The lowest BCUT2D eigenvalue weighted by Gasteiger charge is -2.03. The lowest BCUT2D eigenvalue weighted by Crippen LogP contribution is -2.17. The van der Waals surface area contributed by atoms with Crippen LogP contribution in [0, 0.1) is 0 Å². The number of hydrogen-bond acceptors (Lipinski definition) is 3. The summed E-state index contributed by atoms with van der Waals surface area (Å²) >= 11 is 1.30. The lowest BCUT2D eigenvalue weighted by molar-refractivity contribution is 0.673. The van der Waals surface area contributed by atoms with E-state index in [2.05, 4.69) is 23.3 Å². The van der Waals surface area contributed by atoms with E-state index >= 15 is 0 Å². The van der Waals surface area contributed by atoms with Crippen LogP contribution in [-0.2, 0) is 6.42 Å². The van der Waals surface area contributed by atoms with Crippen LogP contribution in [0.15, 0.2) is 23.0 Å². The topological polar surface area (TPSA) is 44.9 Å². The van der Waals surface area contributed by atoms with Crippen molar-refractivity contribution in [2.75, 3.05) is 13.1 Å². The second-order valence-electron chi connectivity index (χ2n) is 3.81. The van der Waals surface area contributed by atoms with Crippen LogP contribution in [0.2, 0.25) is 0 Å². The molecule has 4 heteroatoms. The maximum absolute atomic E-state index is 11.3. The summed E-state index contributed by atoms with van der Waals surface area (Å²) in [7, 11) is 0. The molecule has 0 spiro atoms. The van der Waals surface area contributed by atoms with Gasteiger partial charge in [0, 0.05) is 0 Å². The van der Waals surface area contributed by atoms with Gasteiger partial charge in [-0.25, -0.2) is 0 Å². The highest BCUT2D eigenvalue weighted by Crippen LogP contribution is 2.19.